The highest BCUT2D eigenvalue weighted by atomic mass is 16.1. The number of unbranched alkanes of at least 4 members (excludes halogenated alkanes) is 1. The Morgan fingerprint density at radius 1 is 0.919 bits per heavy atom. The van der Waals surface area contributed by atoms with Crippen molar-refractivity contribution in [2.45, 2.75) is 19.8 Å². The van der Waals surface area contributed by atoms with Gasteiger partial charge in [0.2, 0.25) is 0 Å². The number of aromatic nitrogens is 2. The Hall–Kier alpha value is -4.64. The predicted molar refractivity (Wildman–Crippen MR) is 153 cm³/mol. The van der Waals surface area contributed by atoms with Gasteiger partial charge in [-0.05, 0) is 54.4 Å². The Kier molecular flexibility index (Phi) is 5.81. The maximum Gasteiger partial charge on any atom is 0.250 e. The fourth-order valence-electron chi connectivity index (χ4n) is 5.19. The molecule has 3 N–H and O–H groups in total. The summed E-state index contributed by atoms with van der Waals surface area (Å²) in [6, 6.07) is 31.1. The highest BCUT2D eigenvalue weighted by molar-refractivity contribution is 6.16. The highest BCUT2D eigenvalue weighted by Crippen LogP contribution is 2.39. The minimum Gasteiger partial charge on any atom is -0.384 e. The predicted octanol–water partition coefficient (Wildman–Crippen LogP) is 7.31. The van der Waals surface area contributed by atoms with Crippen LogP contribution in [0, 0.1) is 0 Å². The molecule has 37 heavy (non-hydrogen) atoms. The zero-order valence-electron chi connectivity index (χ0n) is 20.7. The third kappa shape index (κ3) is 3.99. The summed E-state index contributed by atoms with van der Waals surface area (Å²) in [6.07, 6.45) is 4.04. The number of benzene rings is 4. The molecule has 0 radical (unpaired) electrons. The lowest BCUT2D eigenvalue weighted by molar-refractivity contribution is 0.100. The molecule has 2 heterocycles. The van der Waals surface area contributed by atoms with Crippen LogP contribution >= 0.6 is 0 Å². The first-order chi connectivity index (χ1) is 18.2. The zero-order valence-corrected chi connectivity index (χ0v) is 20.7. The van der Waals surface area contributed by atoms with Crippen LogP contribution in [0.4, 0.5) is 5.69 Å². The van der Waals surface area contributed by atoms with E-state index < -0.39 is 5.91 Å². The molecule has 0 saturated carbocycles. The number of hydrogen-bond donors (Lipinski definition) is 2. The van der Waals surface area contributed by atoms with Crippen molar-refractivity contribution in [1.82, 2.24) is 9.55 Å². The van der Waals surface area contributed by atoms with E-state index in [0.717, 1.165) is 63.8 Å². The summed E-state index contributed by atoms with van der Waals surface area (Å²) in [5.74, 6) is -0.432. The Morgan fingerprint density at radius 2 is 1.73 bits per heavy atom. The van der Waals surface area contributed by atoms with E-state index in [4.69, 9.17) is 10.7 Å². The number of primary amides is 1. The molecule has 4 aromatic carbocycles. The summed E-state index contributed by atoms with van der Waals surface area (Å²) < 4.78 is 2.26. The first-order valence-electron chi connectivity index (χ1n) is 12.7. The lowest BCUT2D eigenvalue weighted by Gasteiger charge is -2.14. The first-order valence-corrected chi connectivity index (χ1v) is 12.7. The minimum absolute atomic E-state index is 0.432. The van der Waals surface area contributed by atoms with E-state index in [1.165, 1.54) is 10.8 Å². The maximum absolute atomic E-state index is 12.1. The molecule has 6 rings (SSSR count). The van der Waals surface area contributed by atoms with Gasteiger partial charge in [-0.1, -0.05) is 61.9 Å². The van der Waals surface area contributed by atoms with Crippen molar-refractivity contribution in [2.75, 3.05) is 11.9 Å². The molecule has 0 atom stereocenters. The quantitative estimate of drug-likeness (QED) is 0.233. The maximum atomic E-state index is 12.1. The number of rotatable bonds is 7. The number of carbonyl (C=O) groups excluding carboxylic acids is 1. The third-order valence-corrected chi connectivity index (χ3v) is 6.97. The topological polar surface area (TPSA) is 72.9 Å². The summed E-state index contributed by atoms with van der Waals surface area (Å²) >= 11 is 0. The molecule has 1 amide bonds. The van der Waals surface area contributed by atoms with Crippen molar-refractivity contribution in [2.24, 2.45) is 5.73 Å². The number of nitrogens with two attached hydrogens (primary N) is 1. The second kappa shape index (κ2) is 9.43. The second-order valence-corrected chi connectivity index (χ2v) is 9.34. The molecule has 0 bridgehead atoms. The standard InChI is InChI=1S/C32H28N4O/c1-2-3-17-34-28-19-23(15-16-25(28)32(33)37)36-29-13-7-5-10-26(29)31-24(11-8-14-30(31)36)22-18-21-9-4-6-12-27(21)35-20-22/h4-16,18-20,34H,2-3,17H2,1H3,(H2,33,37). The lowest BCUT2D eigenvalue weighted by Crippen LogP contribution is -2.15. The van der Waals surface area contributed by atoms with Crippen molar-refractivity contribution in [3.8, 4) is 16.8 Å². The third-order valence-electron chi connectivity index (χ3n) is 6.97. The highest BCUT2D eigenvalue weighted by Gasteiger charge is 2.18. The van der Waals surface area contributed by atoms with Gasteiger partial charge in [-0.2, -0.15) is 0 Å². The molecule has 0 unspecified atom stereocenters. The van der Waals surface area contributed by atoms with Gasteiger partial charge < -0.3 is 15.6 Å². The van der Waals surface area contributed by atoms with Gasteiger partial charge in [0.05, 0.1) is 22.1 Å². The molecule has 2 aromatic heterocycles. The van der Waals surface area contributed by atoms with Crippen molar-refractivity contribution >= 4 is 44.3 Å². The van der Waals surface area contributed by atoms with Crippen LogP contribution in [-0.2, 0) is 0 Å². The number of anilines is 1. The zero-order chi connectivity index (χ0) is 25.4. The van der Waals surface area contributed by atoms with Gasteiger partial charge in [0.1, 0.15) is 0 Å². The van der Waals surface area contributed by atoms with Crippen molar-refractivity contribution in [3.05, 3.63) is 103 Å². The first kappa shape index (κ1) is 22.8. The summed E-state index contributed by atoms with van der Waals surface area (Å²) in [6.45, 7) is 2.93. The van der Waals surface area contributed by atoms with E-state index in [1.807, 2.05) is 42.6 Å². The van der Waals surface area contributed by atoms with Crippen molar-refractivity contribution < 1.29 is 4.79 Å². The van der Waals surface area contributed by atoms with Crippen molar-refractivity contribution in [1.29, 1.82) is 0 Å². The molecule has 5 nitrogen and oxygen atoms in total. The summed E-state index contributed by atoms with van der Waals surface area (Å²) in [5, 5.41) is 6.89. The van der Waals surface area contributed by atoms with E-state index in [9.17, 15) is 4.79 Å². The molecule has 0 aliphatic heterocycles. The lowest BCUT2D eigenvalue weighted by atomic mass is 9.99. The Labute approximate surface area is 215 Å². The van der Waals surface area contributed by atoms with Crippen LogP contribution in [0.25, 0.3) is 49.5 Å². The monoisotopic (exact) mass is 484 g/mol. The van der Waals surface area contributed by atoms with E-state index in [1.54, 1.807) is 0 Å². The fourth-order valence-corrected chi connectivity index (χ4v) is 5.19. The van der Waals surface area contributed by atoms with Crippen LogP contribution < -0.4 is 11.1 Å². The summed E-state index contributed by atoms with van der Waals surface area (Å²) in [5.41, 5.74) is 13.3. The minimum atomic E-state index is -0.432. The Bertz CT molecular complexity index is 1780. The van der Waals surface area contributed by atoms with Crippen molar-refractivity contribution in [3.63, 3.8) is 0 Å². The number of nitrogens with one attached hydrogen (secondary N) is 1. The van der Waals surface area contributed by atoms with E-state index in [-0.39, 0.29) is 0 Å². The molecular formula is C32H28N4O. The van der Waals surface area contributed by atoms with Gasteiger partial charge in [-0.25, -0.2) is 0 Å². The summed E-state index contributed by atoms with van der Waals surface area (Å²) in [4.78, 5) is 16.9. The number of pyridine rings is 1. The second-order valence-electron chi connectivity index (χ2n) is 9.34. The molecule has 5 heteroatoms. The van der Waals surface area contributed by atoms with Gasteiger partial charge in [-0.15, -0.1) is 0 Å². The molecular weight excluding hydrogens is 456 g/mol. The molecule has 0 fully saturated rings. The van der Waals surface area contributed by atoms with Gasteiger partial charge >= 0.3 is 0 Å². The smallest absolute Gasteiger partial charge is 0.250 e. The van der Waals surface area contributed by atoms with E-state index in [2.05, 4.69) is 71.4 Å². The number of hydrogen-bond acceptors (Lipinski definition) is 3. The average molecular weight is 485 g/mol. The molecule has 0 saturated heterocycles. The fraction of sp³-hybridized carbons (Fsp3) is 0.125. The molecule has 0 aliphatic carbocycles. The van der Waals surface area contributed by atoms with Gasteiger partial charge in [0, 0.05) is 45.8 Å². The number of fused-ring (bicyclic) bond motifs is 4. The number of nitrogens with zero attached hydrogens (tertiary/aromatic N) is 2. The normalized spacial score (nSPS) is 11.4. The molecule has 0 spiro atoms. The Balaban J connectivity index is 1.59. The van der Waals surface area contributed by atoms with E-state index >= 15 is 0 Å². The van der Waals surface area contributed by atoms with Gasteiger partial charge in [0.25, 0.3) is 5.91 Å². The molecule has 182 valence electrons. The largest absolute Gasteiger partial charge is 0.384 e. The molecule has 0 aliphatic rings. The SMILES string of the molecule is CCCCNc1cc(-n2c3ccccc3c3c(-c4cnc5ccccc5c4)cccc32)ccc1C(N)=O. The number of amides is 1. The van der Waals surface area contributed by atoms with Crippen LogP contribution in [-0.4, -0.2) is 22.0 Å². The van der Waals surface area contributed by atoms with Crippen LogP contribution in [0.2, 0.25) is 0 Å². The van der Waals surface area contributed by atoms with Crippen LogP contribution in [0.15, 0.2) is 97.2 Å². The van der Waals surface area contributed by atoms with Gasteiger partial charge in [-0.3, -0.25) is 9.78 Å². The van der Waals surface area contributed by atoms with E-state index in [0.29, 0.717) is 5.56 Å². The summed E-state index contributed by atoms with van der Waals surface area (Å²) in [7, 11) is 0. The Morgan fingerprint density at radius 3 is 2.59 bits per heavy atom. The average Bonchev–Trinajstić information content (AvgIpc) is 3.27. The van der Waals surface area contributed by atoms with Crippen LogP contribution in [0.3, 0.4) is 0 Å². The van der Waals surface area contributed by atoms with Gasteiger partial charge in [0.15, 0.2) is 0 Å². The number of para-hydroxylation sites is 2. The number of carbonyl (C=O) groups is 1. The van der Waals surface area contributed by atoms with Crippen LogP contribution in [0.1, 0.15) is 30.1 Å². The van der Waals surface area contributed by atoms with Crippen LogP contribution in [0.5, 0.6) is 0 Å². The molecule has 6 aromatic rings.